The molecule has 0 bridgehead atoms. The lowest BCUT2D eigenvalue weighted by atomic mass is 10.2. The van der Waals surface area contributed by atoms with Crippen molar-refractivity contribution in [1.82, 2.24) is 10.2 Å². The van der Waals surface area contributed by atoms with Crippen LogP contribution in [0.4, 0.5) is 13.6 Å². The molecular weight excluding hydrogens is 410 g/mol. The Labute approximate surface area is 192 Å². The standard InChI is InChI=1S/C17H30N2O2.C6H4F2.C3H4/c1-6-7-8-9-14(2)12-19-11-10-15(13-19)18-16(20)21-17(3,4)5;7-5-1-2-6(8)4-3-5;1-3-2/h7-9,15H,6,10-13H2,1-5H3,(H,18,20);1-4H;1H,2H3/b8-7-,14-9+;;. The summed E-state index contributed by atoms with van der Waals surface area (Å²) in [5.74, 6) is 1.43. The number of carbonyl (C=O) groups excluding carboxylic acids is 1. The van der Waals surface area contributed by atoms with Crippen LogP contribution >= 0.6 is 0 Å². The molecule has 1 N–H and O–H groups in total. The Morgan fingerprint density at radius 2 is 1.81 bits per heavy atom. The van der Waals surface area contributed by atoms with Gasteiger partial charge in [0.15, 0.2) is 0 Å². The third-order valence-corrected chi connectivity index (χ3v) is 4.02. The van der Waals surface area contributed by atoms with Crippen molar-refractivity contribution in [3.05, 3.63) is 59.7 Å². The van der Waals surface area contributed by atoms with Gasteiger partial charge in [-0.05, 0) is 71.7 Å². The summed E-state index contributed by atoms with van der Waals surface area (Å²) in [6.07, 6.45) is 12.8. The average molecular weight is 449 g/mol. The van der Waals surface area contributed by atoms with Gasteiger partial charge in [0, 0.05) is 25.7 Å². The fourth-order valence-electron chi connectivity index (χ4n) is 2.77. The van der Waals surface area contributed by atoms with Gasteiger partial charge in [-0.2, -0.15) is 0 Å². The lowest BCUT2D eigenvalue weighted by Gasteiger charge is -2.22. The zero-order chi connectivity index (χ0) is 24.6. The number of hydrogen-bond acceptors (Lipinski definition) is 3. The molecule has 1 atom stereocenters. The molecule has 0 spiro atoms. The largest absolute Gasteiger partial charge is 0.444 e. The van der Waals surface area contributed by atoms with Gasteiger partial charge >= 0.3 is 6.09 Å². The lowest BCUT2D eigenvalue weighted by molar-refractivity contribution is 0.0506. The molecule has 0 aliphatic carbocycles. The number of hydrogen-bond donors (Lipinski definition) is 1. The van der Waals surface area contributed by atoms with E-state index in [1.54, 1.807) is 6.92 Å². The summed E-state index contributed by atoms with van der Waals surface area (Å²) in [7, 11) is 0. The van der Waals surface area contributed by atoms with Crippen LogP contribution in [0, 0.1) is 24.0 Å². The van der Waals surface area contributed by atoms with E-state index in [0.29, 0.717) is 0 Å². The highest BCUT2D eigenvalue weighted by Crippen LogP contribution is 2.13. The van der Waals surface area contributed by atoms with Crippen LogP contribution < -0.4 is 5.32 Å². The van der Waals surface area contributed by atoms with E-state index in [4.69, 9.17) is 4.74 Å². The van der Waals surface area contributed by atoms with E-state index in [0.717, 1.165) is 56.7 Å². The molecule has 1 heterocycles. The minimum Gasteiger partial charge on any atom is -0.444 e. The number of allylic oxidation sites excluding steroid dienone is 3. The SMILES string of the molecule is C#CC.CC/C=C\C=C(/C)CN1CCC(NC(=O)OC(C)(C)C)C1.Fc1ccc(F)cc1. The zero-order valence-electron chi connectivity index (χ0n) is 20.3. The van der Waals surface area contributed by atoms with Gasteiger partial charge in [0.05, 0.1) is 0 Å². The summed E-state index contributed by atoms with van der Waals surface area (Å²) >= 11 is 0. The normalized spacial score (nSPS) is 16.3. The molecule has 1 saturated heterocycles. The number of nitrogens with one attached hydrogen (secondary N) is 1. The van der Waals surface area contributed by atoms with Gasteiger partial charge in [0.25, 0.3) is 0 Å². The van der Waals surface area contributed by atoms with Gasteiger partial charge in [-0.15, -0.1) is 12.3 Å². The number of ether oxygens (including phenoxy) is 1. The Hall–Kier alpha value is -2.65. The van der Waals surface area contributed by atoms with Crippen molar-refractivity contribution in [3.63, 3.8) is 0 Å². The molecule has 0 radical (unpaired) electrons. The Morgan fingerprint density at radius 3 is 2.28 bits per heavy atom. The van der Waals surface area contributed by atoms with Crippen LogP contribution in [0.1, 0.15) is 54.4 Å². The number of alkyl carbamates (subject to hydrolysis) is 1. The summed E-state index contributed by atoms with van der Waals surface area (Å²) in [5.41, 5.74) is 0.908. The highest BCUT2D eigenvalue weighted by molar-refractivity contribution is 5.68. The Morgan fingerprint density at radius 1 is 1.28 bits per heavy atom. The maximum absolute atomic E-state index is 11.9. The first kappa shape index (κ1) is 29.4. The third-order valence-electron chi connectivity index (χ3n) is 4.02. The molecule has 1 aromatic rings. The van der Waals surface area contributed by atoms with E-state index in [9.17, 15) is 13.6 Å². The van der Waals surface area contributed by atoms with Gasteiger partial charge in [0.2, 0.25) is 0 Å². The monoisotopic (exact) mass is 448 g/mol. The molecule has 1 unspecified atom stereocenters. The molecule has 4 nitrogen and oxygen atoms in total. The molecule has 6 heteroatoms. The molecule has 0 aromatic heterocycles. The fourth-order valence-corrected chi connectivity index (χ4v) is 2.77. The molecule has 1 amide bonds. The van der Waals surface area contributed by atoms with Crippen LogP contribution in [-0.4, -0.2) is 42.3 Å². The minimum absolute atomic E-state index is 0.193. The average Bonchev–Trinajstić information content (AvgIpc) is 3.10. The summed E-state index contributed by atoms with van der Waals surface area (Å²) in [5, 5.41) is 2.95. The summed E-state index contributed by atoms with van der Waals surface area (Å²) in [4.78, 5) is 14.1. The second-order valence-corrected chi connectivity index (χ2v) is 8.44. The predicted octanol–water partition coefficient (Wildman–Crippen LogP) is 6.10. The number of terminal acetylenes is 1. The maximum Gasteiger partial charge on any atom is 0.407 e. The first-order valence-corrected chi connectivity index (χ1v) is 10.8. The van der Waals surface area contributed by atoms with Gasteiger partial charge in [-0.3, -0.25) is 4.90 Å². The van der Waals surface area contributed by atoms with Crippen molar-refractivity contribution in [2.24, 2.45) is 0 Å². The molecule has 1 fully saturated rings. The van der Waals surface area contributed by atoms with Crippen LogP contribution in [0.15, 0.2) is 48.1 Å². The van der Waals surface area contributed by atoms with Crippen molar-refractivity contribution in [3.8, 4) is 12.3 Å². The minimum atomic E-state index is -0.437. The van der Waals surface area contributed by atoms with Crippen molar-refractivity contribution in [2.75, 3.05) is 19.6 Å². The van der Waals surface area contributed by atoms with Crippen molar-refractivity contribution in [2.45, 2.75) is 66.0 Å². The Bertz CT molecular complexity index is 739. The van der Waals surface area contributed by atoms with Gasteiger partial charge < -0.3 is 10.1 Å². The summed E-state index contributed by atoms with van der Waals surface area (Å²) < 4.78 is 29.1. The van der Waals surface area contributed by atoms with Crippen LogP contribution in [0.2, 0.25) is 0 Å². The molecule has 178 valence electrons. The molecule has 0 saturated carbocycles. The van der Waals surface area contributed by atoms with E-state index in [1.165, 1.54) is 5.57 Å². The van der Waals surface area contributed by atoms with Gasteiger partial charge in [0.1, 0.15) is 17.2 Å². The number of nitrogens with zero attached hydrogens (tertiary/aromatic N) is 1. The van der Waals surface area contributed by atoms with Crippen LogP contribution in [0.3, 0.4) is 0 Å². The summed E-state index contributed by atoms with van der Waals surface area (Å²) in [6, 6.07) is 4.51. The molecule has 1 aliphatic rings. The maximum atomic E-state index is 11.9. The molecule has 1 aromatic carbocycles. The smallest absolute Gasteiger partial charge is 0.407 e. The Kier molecular flexibility index (Phi) is 14.7. The predicted molar refractivity (Wildman–Crippen MR) is 128 cm³/mol. The van der Waals surface area contributed by atoms with E-state index < -0.39 is 17.2 Å². The Balaban J connectivity index is 0.000000717. The molecular formula is C26H38F2N2O2. The number of carbonyl (C=O) groups is 1. The highest BCUT2D eigenvalue weighted by Gasteiger charge is 2.25. The van der Waals surface area contributed by atoms with Crippen molar-refractivity contribution in [1.29, 1.82) is 0 Å². The molecule has 2 rings (SSSR count). The topological polar surface area (TPSA) is 41.6 Å². The van der Waals surface area contributed by atoms with Crippen molar-refractivity contribution < 1.29 is 18.3 Å². The second-order valence-electron chi connectivity index (χ2n) is 8.44. The van der Waals surface area contributed by atoms with Crippen LogP contribution in [-0.2, 0) is 4.74 Å². The molecule has 1 aliphatic heterocycles. The number of amides is 1. The number of benzene rings is 1. The fraction of sp³-hybridized carbons (Fsp3) is 0.500. The second kappa shape index (κ2) is 16.0. The van der Waals surface area contributed by atoms with Crippen LogP contribution in [0.5, 0.6) is 0 Å². The van der Waals surface area contributed by atoms with Crippen molar-refractivity contribution >= 4 is 6.09 Å². The number of likely N-dealkylation sites (tertiary alicyclic amines) is 1. The third kappa shape index (κ3) is 16.1. The zero-order valence-corrected chi connectivity index (χ0v) is 20.3. The van der Waals surface area contributed by atoms with E-state index in [-0.39, 0.29) is 12.1 Å². The van der Waals surface area contributed by atoms with Gasteiger partial charge in [-0.25, -0.2) is 13.6 Å². The molecule has 32 heavy (non-hydrogen) atoms. The van der Waals surface area contributed by atoms with E-state index in [2.05, 4.69) is 54.6 Å². The number of rotatable bonds is 5. The first-order chi connectivity index (χ1) is 15.0. The van der Waals surface area contributed by atoms with E-state index >= 15 is 0 Å². The summed E-state index contributed by atoms with van der Waals surface area (Å²) in [6.45, 7) is 14.4. The van der Waals surface area contributed by atoms with Gasteiger partial charge in [-0.1, -0.05) is 30.7 Å². The lowest BCUT2D eigenvalue weighted by Crippen LogP contribution is -2.40. The van der Waals surface area contributed by atoms with Crippen LogP contribution in [0.25, 0.3) is 0 Å². The quantitative estimate of drug-likeness (QED) is 0.437. The highest BCUT2D eigenvalue weighted by atomic mass is 19.1. The van der Waals surface area contributed by atoms with E-state index in [1.807, 2.05) is 20.8 Å². The number of halogens is 2. The first-order valence-electron chi connectivity index (χ1n) is 10.8.